The van der Waals surface area contributed by atoms with Gasteiger partial charge in [-0.1, -0.05) is 6.07 Å². The second-order valence-electron chi connectivity index (χ2n) is 11.0. The fourth-order valence-electron chi connectivity index (χ4n) is 5.68. The minimum Gasteiger partial charge on any atom is -0.435 e. The number of pyridine rings is 1. The third kappa shape index (κ3) is 5.85. The van der Waals surface area contributed by atoms with Crippen LogP contribution >= 0.6 is 0 Å². The van der Waals surface area contributed by atoms with Gasteiger partial charge in [0.2, 0.25) is 23.3 Å². The second kappa shape index (κ2) is 12.2. The number of ketones is 1. The average Bonchev–Trinajstić information content (AvgIpc) is 3.61. The quantitative estimate of drug-likeness (QED) is 0.152. The third-order valence-corrected chi connectivity index (χ3v) is 8.05. The van der Waals surface area contributed by atoms with Crippen molar-refractivity contribution in [1.29, 1.82) is 0 Å². The normalized spacial score (nSPS) is 13.8. The van der Waals surface area contributed by atoms with E-state index in [2.05, 4.69) is 15.1 Å². The van der Waals surface area contributed by atoms with Crippen LogP contribution < -0.4 is 15.2 Å². The average molecular weight is 637 g/mol. The molecule has 238 valence electrons. The summed E-state index contributed by atoms with van der Waals surface area (Å²) in [6.45, 7) is 1.13. The van der Waals surface area contributed by atoms with Gasteiger partial charge in [-0.15, -0.1) is 0 Å². The Kier molecular flexibility index (Phi) is 8.11. The fraction of sp³-hybridized carbons (Fsp3) is 0.250. The number of alkyl halides is 2. The van der Waals surface area contributed by atoms with Gasteiger partial charge in [-0.05, 0) is 67.1 Å². The zero-order valence-corrected chi connectivity index (χ0v) is 24.7. The van der Waals surface area contributed by atoms with Crippen molar-refractivity contribution in [2.45, 2.75) is 39.2 Å². The van der Waals surface area contributed by atoms with Crippen molar-refractivity contribution >= 4 is 28.4 Å². The molecule has 0 aliphatic carbocycles. The van der Waals surface area contributed by atoms with Crippen LogP contribution in [0.5, 0.6) is 17.4 Å². The van der Waals surface area contributed by atoms with Crippen LogP contribution in [0, 0.1) is 18.6 Å². The van der Waals surface area contributed by atoms with E-state index in [4.69, 9.17) is 15.2 Å². The number of hydrogen-bond donors (Lipinski definition) is 2. The molecule has 0 atom stereocenters. The van der Waals surface area contributed by atoms with Crippen LogP contribution in [0.1, 0.15) is 52.9 Å². The lowest BCUT2D eigenvalue weighted by atomic mass is 9.88. The van der Waals surface area contributed by atoms with Gasteiger partial charge in [0, 0.05) is 37.0 Å². The molecule has 0 saturated carbocycles. The van der Waals surface area contributed by atoms with Crippen molar-refractivity contribution in [2.24, 2.45) is 0 Å². The van der Waals surface area contributed by atoms with Gasteiger partial charge < -0.3 is 25.1 Å². The number of ether oxygens (including phenoxy) is 2. The van der Waals surface area contributed by atoms with Gasteiger partial charge in [0.05, 0.1) is 29.3 Å². The highest BCUT2D eigenvalue weighted by molar-refractivity contribution is 6.12. The largest absolute Gasteiger partial charge is 0.435 e. The Morgan fingerprint density at radius 1 is 1.07 bits per heavy atom. The number of likely N-dealkylation sites (tertiary alicyclic amines) is 1. The molecule has 3 aromatic heterocycles. The van der Waals surface area contributed by atoms with Gasteiger partial charge in [0.1, 0.15) is 11.6 Å². The molecule has 46 heavy (non-hydrogen) atoms. The highest BCUT2D eigenvalue weighted by atomic mass is 19.3. The van der Waals surface area contributed by atoms with Crippen molar-refractivity contribution in [1.82, 2.24) is 24.6 Å². The number of carbonyl (C=O) groups is 2. The van der Waals surface area contributed by atoms with Crippen molar-refractivity contribution in [2.75, 3.05) is 18.8 Å². The van der Waals surface area contributed by atoms with E-state index in [0.717, 1.165) is 12.1 Å². The number of nitrogens with zero attached hydrogens (tertiary/aromatic N) is 4. The number of hydrogen-bond acceptors (Lipinski definition) is 7. The van der Waals surface area contributed by atoms with E-state index in [0.29, 0.717) is 53.6 Å². The molecule has 3 N–H and O–H groups in total. The molecular weight excluding hydrogens is 608 g/mol. The highest BCUT2D eigenvalue weighted by Crippen LogP contribution is 2.38. The summed E-state index contributed by atoms with van der Waals surface area (Å²) < 4.78 is 66.3. The first-order valence-corrected chi connectivity index (χ1v) is 14.3. The number of nitrogens with two attached hydrogens (primary N) is 1. The fourth-order valence-corrected chi connectivity index (χ4v) is 5.68. The summed E-state index contributed by atoms with van der Waals surface area (Å²) in [5, 5.41) is 4.74. The Labute approximate surface area is 259 Å². The van der Waals surface area contributed by atoms with Crippen LogP contribution in [0.25, 0.3) is 16.6 Å². The molecule has 14 heteroatoms. The van der Waals surface area contributed by atoms with E-state index in [1.165, 1.54) is 48.3 Å². The summed E-state index contributed by atoms with van der Waals surface area (Å²) in [6.07, 6.45) is 3.79. The molecule has 1 saturated heterocycles. The molecule has 1 amide bonds. The van der Waals surface area contributed by atoms with Crippen molar-refractivity contribution in [3.05, 3.63) is 88.9 Å². The zero-order valence-electron chi connectivity index (χ0n) is 24.7. The number of carbonyl (C=O) groups excluding carboxylic acids is 2. The molecule has 1 aliphatic heterocycles. The van der Waals surface area contributed by atoms with E-state index in [-0.39, 0.29) is 40.5 Å². The van der Waals surface area contributed by atoms with Gasteiger partial charge in [0.25, 0.3) is 0 Å². The van der Waals surface area contributed by atoms with Crippen molar-refractivity contribution in [3.8, 4) is 23.1 Å². The molecular formula is C32H28F4N6O4. The number of fused-ring (bicyclic) bond motifs is 1. The van der Waals surface area contributed by atoms with Crippen LogP contribution in [-0.2, 0) is 4.79 Å². The van der Waals surface area contributed by atoms with Crippen LogP contribution in [-0.4, -0.2) is 56.0 Å². The third-order valence-electron chi connectivity index (χ3n) is 8.05. The Bertz CT molecular complexity index is 1950. The van der Waals surface area contributed by atoms with Gasteiger partial charge >= 0.3 is 6.61 Å². The molecule has 0 radical (unpaired) electrons. The number of H-pyrrole nitrogens is 1. The topological polar surface area (TPSA) is 128 Å². The standard InChI is InChI=1S/C32H28F4N6O4/c1-16-10-28(46-30-22(33)4-3-5-23(30)34)38-15-26(16)42-31(37)21(14-39-42)29(44)25-11-19-12-27(45-32(35)36)20(13-24(19)40-25)18-6-8-41(9-7-18)17(2)43/h3-5,10-15,18,32,40H,6-9,37H2,1-2H3. The molecule has 1 aliphatic rings. The van der Waals surface area contributed by atoms with Crippen molar-refractivity contribution in [3.63, 3.8) is 0 Å². The molecule has 0 unspecified atom stereocenters. The first-order valence-electron chi connectivity index (χ1n) is 14.3. The number of halogens is 4. The molecule has 2 aromatic carbocycles. The summed E-state index contributed by atoms with van der Waals surface area (Å²) >= 11 is 0. The van der Waals surface area contributed by atoms with E-state index in [1.807, 2.05) is 0 Å². The lowest BCUT2D eigenvalue weighted by Gasteiger charge is -2.32. The van der Waals surface area contributed by atoms with Gasteiger partial charge in [0.15, 0.2) is 11.6 Å². The van der Waals surface area contributed by atoms with Crippen molar-refractivity contribution < 1.29 is 36.6 Å². The van der Waals surface area contributed by atoms with Gasteiger partial charge in [-0.3, -0.25) is 9.59 Å². The Morgan fingerprint density at radius 3 is 2.43 bits per heavy atom. The van der Waals surface area contributed by atoms with Crippen LogP contribution in [0.3, 0.4) is 0 Å². The summed E-state index contributed by atoms with van der Waals surface area (Å²) in [4.78, 5) is 34.2. The number of aromatic amines is 1. The highest BCUT2D eigenvalue weighted by Gasteiger charge is 2.27. The smallest absolute Gasteiger partial charge is 0.387 e. The first-order chi connectivity index (χ1) is 22.0. The number of anilines is 1. The number of rotatable bonds is 8. The van der Waals surface area contributed by atoms with Crippen LogP contribution in [0.2, 0.25) is 0 Å². The predicted octanol–water partition coefficient (Wildman–Crippen LogP) is 6.27. The Morgan fingerprint density at radius 2 is 1.78 bits per heavy atom. The summed E-state index contributed by atoms with van der Waals surface area (Å²) in [5.41, 5.74) is 8.61. The first kappa shape index (κ1) is 30.6. The van der Waals surface area contributed by atoms with E-state index in [1.54, 1.807) is 17.9 Å². The lowest BCUT2D eigenvalue weighted by molar-refractivity contribution is -0.129. The Balaban J connectivity index is 1.27. The molecule has 4 heterocycles. The summed E-state index contributed by atoms with van der Waals surface area (Å²) in [6, 6.07) is 9.48. The van der Waals surface area contributed by atoms with Gasteiger partial charge in [-0.2, -0.15) is 13.9 Å². The lowest BCUT2D eigenvalue weighted by Crippen LogP contribution is -2.36. The number of para-hydroxylation sites is 1. The number of amides is 1. The minimum absolute atomic E-state index is 0.00187. The van der Waals surface area contributed by atoms with E-state index < -0.39 is 29.8 Å². The summed E-state index contributed by atoms with van der Waals surface area (Å²) in [7, 11) is 0. The monoisotopic (exact) mass is 636 g/mol. The number of benzene rings is 2. The number of nitrogens with one attached hydrogen (secondary N) is 1. The van der Waals surface area contributed by atoms with Crippen LogP contribution in [0.15, 0.2) is 54.9 Å². The second-order valence-corrected chi connectivity index (χ2v) is 11.0. The number of aromatic nitrogens is 4. The molecule has 0 spiro atoms. The molecule has 0 bridgehead atoms. The number of piperidine rings is 1. The van der Waals surface area contributed by atoms with E-state index >= 15 is 0 Å². The number of nitrogen functional groups attached to an aromatic ring is 1. The maximum Gasteiger partial charge on any atom is 0.387 e. The summed E-state index contributed by atoms with van der Waals surface area (Å²) in [5.74, 6) is -3.06. The maximum atomic E-state index is 14.0. The van der Waals surface area contributed by atoms with Gasteiger partial charge in [-0.25, -0.2) is 18.4 Å². The maximum absolute atomic E-state index is 14.0. The SMILES string of the molecule is CC(=O)N1CCC(c2cc3[nH]c(C(=O)c4cnn(-c5cnc(Oc6c(F)cccc6F)cc5C)c4N)cc3cc2OC(F)F)CC1. The zero-order chi connectivity index (χ0) is 32.7. The molecule has 5 aromatic rings. The molecule has 6 rings (SSSR count). The molecule has 10 nitrogen and oxygen atoms in total. The Hall–Kier alpha value is -5.40. The van der Waals surface area contributed by atoms with Crippen LogP contribution in [0.4, 0.5) is 23.4 Å². The molecule has 1 fully saturated rings. The predicted molar refractivity (Wildman–Crippen MR) is 160 cm³/mol. The number of aryl methyl sites for hydroxylation is 1. The van der Waals surface area contributed by atoms with E-state index in [9.17, 15) is 27.2 Å². The minimum atomic E-state index is -3.04.